The molecule has 1 aromatic rings. The van der Waals surface area contributed by atoms with Gasteiger partial charge in [0.2, 0.25) is 5.91 Å². The number of hydrogen-bond donors (Lipinski definition) is 3. The highest BCUT2D eigenvalue weighted by Crippen LogP contribution is 2.39. The number of amides is 1. The minimum atomic E-state index is -0.457. The number of nitrogens with zero attached hydrogens (tertiary/aromatic N) is 2. The van der Waals surface area contributed by atoms with Crippen molar-refractivity contribution in [2.45, 2.75) is 50.6 Å². The Morgan fingerprint density at radius 3 is 2.59 bits per heavy atom. The summed E-state index contributed by atoms with van der Waals surface area (Å²) in [5.74, 6) is -0.183. The molecule has 0 aliphatic carbocycles. The van der Waals surface area contributed by atoms with Gasteiger partial charge in [-0.1, -0.05) is 12.1 Å². The van der Waals surface area contributed by atoms with Crippen LogP contribution in [0.1, 0.15) is 41.1 Å². The molecule has 4 N–H and O–H groups in total. The molecular weight excluding hydrogens is 349 g/mol. The molecule has 3 aliphatic rings. The van der Waals surface area contributed by atoms with E-state index in [1.165, 1.54) is 11.1 Å². The van der Waals surface area contributed by atoms with Gasteiger partial charge in [-0.3, -0.25) is 14.1 Å². The van der Waals surface area contributed by atoms with E-state index in [-0.39, 0.29) is 49.6 Å². The normalized spacial score (nSPS) is 31.1. The predicted molar refractivity (Wildman–Crippen MR) is 98.5 cm³/mol. The van der Waals surface area contributed by atoms with Crippen LogP contribution in [0.4, 0.5) is 4.39 Å². The van der Waals surface area contributed by atoms with Crippen LogP contribution in [0.15, 0.2) is 12.1 Å². The molecule has 0 spiro atoms. The lowest BCUT2D eigenvalue weighted by Gasteiger charge is -2.48. The maximum atomic E-state index is 13.0. The van der Waals surface area contributed by atoms with E-state index in [9.17, 15) is 19.4 Å². The zero-order chi connectivity index (χ0) is 19.1. The second kappa shape index (κ2) is 7.47. The highest BCUT2D eigenvalue weighted by molar-refractivity contribution is 5.79. The second-order valence-corrected chi connectivity index (χ2v) is 8.13. The molecule has 7 heteroatoms. The lowest BCUT2D eigenvalue weighted by atomic mass is 9.81. The summed E-state index contributed by atoms with van der Waals surface area (Å²) in [7, 11) is 0. The van der Waals surface area contributed by atoms with Gasteiger partial charge in [0.25, 0.3) is 0 Å². The Bertz CT molecular complexity index is 729. The van der Waals surface area contributed by atoms with Crippen LogP contribution in [-0.4, -0.2) is 64.3 Å². The molecule has 2 saturated heterocycles. The average Bonchev–Trinajstić information content (AvgIpc) is 3.06. The van der Waals surface area contributed by atoms with Crippen molar-refractivity contribution in [1.29, 1.82) is 0 Å². The molecule has 4 rings (SSSR count). The number of halogens is 1. The Morgan fingerprint density at radius 2 is 1.93 bits per heavy atom. The molecule has 0 radical (unpaired) electrons. The molecule has 3 heterocycles. The number of piperidine rings is 1. The Kier molecular flexibility index (Phi) is 5.20. The van der Waals surface area contributed by atoms with Crippen LogP contribution < -0.4 is 5.73 Å². The number of likely N-dealkylation sites (tertiary alicyclic amines) is 1. The van der Waals surface area contributed by atoms with Crippen molar-refractivity contribution in [2.24, 2.45) is 11.7 Å². The van der Waals surface area contributed by atoms with Crippen molar-refractivity contribution >= 4 is 5.91 Å². The van der Waals surface area contributed by atoms with Crippen LogP contribution in [0.2, 0.25) is 0 Å². The van der Waals surface area contributed by atoms with Crippen molar-refractivity contribution in [1.82, 2.24) is 9.80 Å². The Morgan fingerprint density at radius 1 is 1.19 bits per heavy atom. The minimum absolute atomic E-state index is 0.0177. The Labute approximate surface area is 158 Å². The van der Waals surface area contributed by atoms with Gasteiger partial charge in [-0.2, -0.15) is 0 Å². The first kappa shape index (κ1) is 18.8. The van der Waals surface area contributed by atoms with E-state index in [0.29, 0.717) is 13.1 Å². The number of carbonyl (C=O) groups excluding carboxylic acids is 1. The number of alkyl halides is 1. The number of carbonyl (C=O) groups is 1. The van der Waals surface area contributed by atoms with Crippen molar-refractivity contribution in [3.05, 3.63) is 34.4 Å². The van der Waals surface area contributed by atoms with Gasteiger partial charge < -0.3 is 20.8 Å². The molecule has 0 bridgehead atoms. The van der Waals surface area contributed by atoms with E-state index in [2.05, 4.69) is 4.90 Å². The van der Waals surface area contributed by atoms with Crippen molar-refractivity contribution in [2.75, 3.05) is 26.3 Å². The first-order chi connectivity index (χ1) is 13.0. The monoisotopic (exact) mass is 377 g/mol. The lowest BCUT2D eigenvalue weighted by molar-refractivity contribution is -0.131. The van der Waals surface area contributed by atoms with Crippen molar-refractivity contribution in [3.8, 4) is 0 Å². The van der Waals surface area contributed by atoms with E-state index in [0.717, 1.165) is 30.5 Å². The minimum Gasteiger partial charge on any atom is -0.392 e. The third-order valence-corrected chi connectivity index (χ3v) is 6.54. The molecule has 1 aromatic carbocycles. The molecule has 3 aliphatic heterocycles. The van der Waals surface area contributed by atoms with Crippen LogP contribution in [0.25, 0.3) is 0 Å². The fourth-order valence-electron chi connectivity index (χ4n) is 5.04. The van der Waals surface area contributed by atoms with E-state index >= 15 is 0 Å². The van der Waals surface area contributed by atoms with Gasteiger partial charge >= 0.3 is 0 Å². The number of hydrogen-bond acceptors (Lipinski definition) is 5. The number of nitrogens with two attached hydrogens (primary N) is 1. The topological polar surface area (TPSA) is 90.0 Å². The van der Waals surface area contributed by atoms with Gasteiger partial charge in [0.15, 0.2) is 0 Å². The number of benzene rings is 1. The molecule has 1 unspecified atom stereocenters. The van der Waals surface area contributed by atoms with E-state index in [1.54, 1.807) is 4.90 Å². The zero-order valence-corrected chi connectivity index (χ0v) is 15.5. The molecule has 27 heavy (non-hydrogen) atoms. The maximum Gasteiger partial charge on any atom is 0.223 e. The zero-order valence-electron chi connectivity index (χ0n) is 15.5. The van der Waals surface area contributed by atoms with Crippen LogP contribution in [0.5, 0.6) is 0 Å². The largest absolute Gasteiger partial charge is 0.392 e. The molecule has 6 nitrogen and oxygen atoms in total. The third-order valence-electron chi connectivity index (χ3n) is 6.54. The summed E-state index contributed by atoms with van der Waals surface area (Å²) in [6.45, 7) is 1.41. The molecular formula is C20H28FN3O3. The second-order valence-electron chi connectivity index (χ2n) is 8.13. The fourth-order valence-corrected chi connectivity index (χ4v) is 5.04. The Hall–Kier alpha value is -1.54. The number of rotatable bonds is 4. The van der Waals surface area contributed by atoms with Crippen LogP contribution >= 0.6 is 0 Å². The van der Waals surface area contributed by atoms with Gasteiger partial charge in [0, 0.05) is 44.1 Å². The standard InChI is InChI=1S/C20H28FN3O3/c21-7-12-3-20(27)24(8-12)19-9-23-2-1-13-4-14(10-25)15(11-26)5-16(13)18(23)6-17(19)22/h4-5,12,17-19,25-26H,1-3,6-11,22H2/t12-,17+,18+,19?/m1/s1. The summed E-state index contributed by atoms with van der Waals surface area (Å²) in [5, 5.41) is 19.2. The SMILES string of the molecule is N[C@H]1C[C@H]2c3cc(CO)c(CO)cc3CCN2CC1N1C[C@@H](CF)CC1=O. The first-order valence-corrected chi connectivity index (χ1v) is 9.77. The van der Waals surface area contributed by atoms with Gasteiger partial charge in [0.1, 0.15) is 0 Å². The fraction of sp³-hybridized carbons (Fsp3) is 0.650. The molecule has 1 amide bonds. The number of fused-ring (bicyclic) bond motifs is 3. The Balaban J connectivity index is 1.57. The molecule has 0 saturated carbocycles. The quantitative estimate of drug-likeness (QED) is 0.711. The summed E-state index contributed by atoms with van der Waals surface area (Å²) in [6.07, 6.45) is 1.88. The van der Waals surface area contributed by atoms with Crippen LogP contribution in [0.3, 0.4) is 0 Å². The molecule has 148 valence electrons. The van der Waals surface area contributed by atoms with Crippen LogP contribution in [0, 0.1) is 5.92 Å². The lowest BCUT2D eigenvalue weighted by Crippen LogP contribution is -2.60. The van der Waals surface area contributed by atoms with Gasteiger partial charge in [-0.25, -0.2) is 0 Å². The van der Waals surface area contributed by atoms with Gasteiger partial charge in [-0.05, 0) is 35.1 Å². The van der Waals surface area contributed by atoms with Crippen LogP contribution in [-0.2, 0) is 24.4 Å². The number of aliphatic hydroxyl groups is 2. The van der Waals surface area contributed by atoms with E-state index in [4.69, 9.17) is 5.73 Å². The first-order valence-electron chi connectivity index (χ1n) is 9.77. The predicted octanol–water partition coefficient (Wildman–Crippen LogP) is 0.488. The van der Waals surface area contributed by atoms with Gasteiger partial charge in [0.05, 0.1) is 25.9 Å². The highest BCUT2D eigenvalue weighted by atomic mass is 19.1. The summed E-state index contributed by atoms with van der Waals surface area (Å²) < 4.78 is 13.0. The summed E-state index contributed by atoms with van der Waals surface area (Å²) in [4.78, 5) is 16.5. The highest BCUT2D eigenvalue weighted by Gasteiger charge is 2.43. The summed E-state index contributed by atoms with van der Waals surface area (Å²) >= 11 is 0. The molecule has 2 fully saturated rings. The van der Waals surface area contributed by atoms with E-state index < -0.39 is 6.67 Å². The third kappa shape index (κ3) is 3.27. The number of aliphatic hydroxyl groups excluding tert-OH is 2. The molecule has 0 aromatic heterocycles. The van der Waals surface area contributed by atoms with Crippen molar-refractivity contribution in [3.63, 3.8) is 0 Å². The smallest absolute Gasteiger partial charge is 0.223 e. The van der Waals surface area contributed by atoms with Gasteiger partial charge in [-0.15, -0.1) is 0 Å². The average molecular weight is 377 g/mol. The van der Waals surface area contributed by atoms with E-state index in [1.807, 2.05) is 12.1 Å². The summed E-state index contributed by atoms with van der Waals surface area (Å²) in [5.41, 5.74) is 10.4. The van der Waals surface area contributed by atoms with Crippen molar-refractivity contribution < 1.29 is 19.4 Å². The summed E-state index contributed by atoms with van der Waals surface area (Å²) in [6, 6.07) is 3.94. The molecule has 4 atom stereocenters. The maximum absolute atomic E-state index is 13.0.